The van der Waals surface area contributed by atoms with Gasteiger partial charge in [-0.05, 0) is 42.5 Å². The molecule has 2 atom stereocenters. The fourth-order valence-electron chi connectivity index (χ4n) is 2.79. The van der Waals surface area contributed by atoms with Crippen molar-refractivity contribution in [2.75, 3.05) is 12.3 Å². The molecule has 2 rings (SSSR count). The Kier molecular flexibility index (Phi) is 7.20. The van der Waals surface area contributed by atoms with E-state index in [2.05, 4.69) is 33.0 Å². The number of benzene rings is 1. The number of halogens is 1. The zero-order valence-corrected chi connectivity index (χ0v) is 16.9. The molecule has 0 aliphatic carbocycles. The third-order valence-corrected chi connectivity index (χ3v) is 5.64. The van der Waals surface area contributed by atoms with Gasteiger partial charge in [0.1, 0.15) is 6.04 Å². The number of thioether (sulfide) groups is 1. The molecule has 1 fully saturated rings. The number of rotatable bonds is 6. The Bertz CT molecular complexity index is 604. The molecular weight excluding hydrogens is 356 g/mol. The Hall–Kier alpha value is -1.20. The molecule has 0 aromatic heterocycles. The molecule has 1 heterocycles. The predicted octanol–water partition coefficient (Wildman–Crippen LogP) is 4.04. The Morgan fingerprint density at radius 3 is 2.40 bits per heavy atom. The zero-order chi connectivity index (χ0) is 18.6. The molecule has 4 nitrogen and oxygen atoms in total. The summed E-state index contributed by atoms with van der Waals surface area (Å²) in [6.07, 6.45) is 0.873. The van der Waals surface area contributed by atoms with E-state index in [4.69, 9.17) is 11.6 Å². The summed E-state index contributed by atoms with van der Waals surface area (Å²) in [5.74, 6) is 1.31. The average Bonchev–Trinajstić information content (AvgIpc) is 2.95. The van der Waals surface area contributed by atoms with Crippen LogP contribution in [-0.2, 0) is 4.79 Å². The van der Waals surface area contributed by atoms with Gasteiger partial charge in [-0.25, -0.2) is 0 Å². The topological polar surface area (TPSA) is 49.4 Å². The summed E-state index contributed by atoms with van der Waals surface area (Å²) < 4.78 is 0. The van der Waals surface area contributed by atoms with E-state index in [9.17, 15) is 9.59 Å². The third kappa shape index (κ3) is 5.38. The first-order valence-corrected chi connectivity index (χ1v) is 10.2. The summed E-state index contributed by atoms with van der Waals surface area (Å²) in [5, 5.41) is 3.60. The normalized spacial score (nSPS) is 20.4. The van der Waals surface area contributed by atoms with Crippen molar-refractivity contribution in [1.29, 1.82) is 0 Å². The molecule has 0 bridgehead atoms. The van der Waals surface area contributed by atoms with Crippen LogP contribution in [0, 0.1) is 11.8 Å². The molecule has 0 radical (unpaired) electrons. The maximum atomic E-state index is 13.1. The molecule has 1 aromatic carbocycles. The van der Waals surface area contributed by atoms with Crippen LogP contribution in [0.25, 0.3) is 0 Å². The minimum Gasteiger partial charge on any atom is -0.354 e. The molecule has 1 aromatic rings. The predicted molar refractivity (Wildman–Crippen MR) is 105 cm³/mol. The second-order valence-corrected chi connectivity index (χ2v) is 8.94. The molecule has 2 amide bonds. The van der Waals surface area contributed by atoms with Crippen molar-refractivity contribution in [1.82, 2.24) is 10.2 Å². The molecule has 25 heavy (non-hydrogen) atoms. The summed E-state index contributed by atoms with van der Waals surface area (Å²) >= 11 is 7.62. The van der Waals surface area contributed by atoms with Crippen LogP contribution in [0.2, 0.25) is 5.02 Å². The second kappa shape index (κ2) is 8.95. The van der Waals surface area contributed by atoms with E-state index in [1.165, 1.54) is 0 Å². The van der Waals surface area contributed by atoms with Crippen LogP contribution >= 0.6 is 23.4 Å². The fourth-order valence-corrected chi connectivity index (χ4v) is 4.55. The number of carbonyl (C=O) groups is 2. The molecule has 0 unspecified atom stereocenters. The van der Waals surface area contributed by atoms with Crippen LogP contribution in [0.1, 0.15) is 44.5 Å². The van der Waals surface area contributed by atoms with Gasteiger partial charge in [0.15, 0.2) is 0 Å². The number of amides is 2. The first-order chi connectivity index (χ1) is 11.8. The highest BCUT2D eigenvalue weighted by Gasteiger charge is 2.41. The molecule has 138 valence electrons. The molecule has 1 aliphatic rings. The number of hydrogen-bond acceptors (Lipinski definition) is 3. The molecule has 1 aliphatic heterocycles. The monoisotopic (exact) mass is 382 g/mol. The standard InChI is InChI=1S/C19H27ClN2O2S/c1-12(2)9-17-22(19(24)14-5-7-15(20)8-6-14)16(11-25-17)18(23)21-10-13(3)4/h5-8,12-13,16-17H,9-11H2,1-4H3,(H,21,23)/t16-,17-/m1/s1. The fraction of sp³-hybridized carbons (Fsp3) is 0.579. The van der Waals surface area contributed by atoms with E-state index in [1.54, 1.807) is 40.9 Å². The highest BCUT2D eigenvalue weighted by atomic mass is 35.5. The van der Waals surface area contributed by atoms with Gasteiger partial charge in [0, 0.05) is 22.9 Å². The maximum Gasteiger partial charge on any atom is 0.255 e. The van der Waals surface area contributed by atoms with Gasteiger partial charge in [0.2, 0.25) is 5.91 Å². The smallest absolute Gasteiger partial charge is 0.255 e. The van der Waals surface area contributed by atoms with Crippen molar-refractivity contribution >= 4 is 35.2 Å². The van der Waals surface area contributed by atoms with E-state index in [0.717, 1.165) is 6.42 Å². The van der Waals surface area contributed by atoms with Crippen LogP contribution in [0.5, 0.6) is 0 Å². The summed E-state index contributed by atoms with van der Waals surface area (Å²) in [4.78, 5) is 27.5. The zero-order valence-electron chi connectivity index (χ0n) is 15.3. The minimum atomic E-state index is -0.421. The Morgan fingerprint density at radius 1 is 1.20 bits per heavy atom. The molecule has 1 N–H and O–H groups in total. The van der Waals surface area contributed by atoms with Crippen molar-refractivity contribution in [3.8, 4) is 0 Å². The van der Waals surface area contributed by atoms with Crippen molar-refractivity contribution < 1.29 is 9.59 Å². The van der Waals surface area contributed by atoms with Gasteiger partial charge >= 0.3 is 0 Å². The second-order valence-electron chi connectivity index (χ2n) is 7.29. The number of hydrogen-bond donors (Lipinski definition) is 1. The maximum absolute atomic E-state index is 13.1. The molecule has 0 saturated carbocycles. The number of nitrogens with zero attached hydrogens (tertiary/aromatic N) is 1. The lowest BCUT2D eigenvalue weighted by atomic mass is 10.1. The lowest BCUT2D eigenvalue weighted by Crippen LogP contribution is -2.50. The molecule has 0 spiro atoms. The largest absolute Gasteiger partial charge is 0.354 e. The first-order valence-electron chi connectivity index (χ1n) is 8.77. The quantitative estimate of drug-likeness (QED) is 0.807. The van der Waals surface area contributed by atoms with Crippen molar-refractivity contribution in [2.24, 2.45) is 11.8 Å². The first kappa shape index (κ1) is 20.1. The van der Waals surface area contributed by atoms with Crippen LogP contribution in [-0.4, -0.2) is 40.4 Å². The van der Waals surface area contributed by atoms with E-state index < -0.39 is 6.04 Å². The number of carbonyl (C=O) groups excluding carboxylic acids is 2. The lowest BCUT2D eigenvalue weighted by molar-refractivity contribution is -0.125. The van der Waals surface area contributed by atoms with Crippen molar-refractivity contribution in [3.05, 3.63) is 34.9 Å². The highest BCUT2D eigenvalue weighted by molar-refractivity contribution is 8.00. The number of nitrogens with one attached hydrogen (secondary N) is 1. The van der Waals surface area contributed by atoms with Crippen molar-refractivity contribution in [3.63, 3.8) is 0 Å². The summed E-state index contributed by atoms with van der Waals surface area (Å²) in [6.45, 7) is 9.01. The summed E-state index contributed by atoms with van der Waals surface area (Å²) in [7, 11) is 0. The average molecular weight is 383 g/mol. The van der Waals surface area contributed by atoms with E-state index >= 15 is 0 Å². The van der Waals surface area contributed by atoms with Gasteiger partial charge in [0.25, 0.3) is 5.91 Å². The van der Waals surface area contributed by atoms with Crippen LogP contribution in [0.15, 0.2) is 24.3 Å². The Morgan fingerprint density at radius 2 is 1.84 bits per heavy atom. The van der Waals surface area contributed by atoms with Crippen molar-refractivity contribution in [2.45, 2.75) is 45.5 Å². The third-order valence-electron chi connectivity index (χ3n) is 4.08. The van der Waals surface area contributed by atoms with E-state index in [0.29, 0.717) is 34.7 Å². The lowest BCUT2D eigenvalue weighted by Gasteiger charge is -2.30. The SMILES string of the molecule is CC(C)CNC(=O)[C@H]1CS[C@H](CC(C)C)N1C(=O)c1ccc(Cl)cc1. The van der Waals surface area contributed by atoms with Gasteiger partial charge in [-0.1, -0.05) is 39.3 Å². The summed E-state index contributed by atoms with van der Waals surface area (Å²) in [6, 6.07) is 6.45. The highest BCUT2D eigenvalue weighted by Crippen LogP contribution is 2.34. The molecule has 6 heteroatoms. The van der Waals surface area contributed by atoms with Gasteiger partial charge in [-0.3, -0.25) is 9.59 Å². The summed E-state index contributed by atoms with van der Waals surface area (Å²) in [5.41, 5.74) is 0.572. The Labute approximate surface area is 159 Å². The van der Waals surface area contributed by atoms with Gasteiger partial charge < -0.3 is 10.2 Å². The van der Waals surface area contributed by atoms with Crippen LogP contribution in [0.4, 0.5) is 0 Å². The van der Waals surface area contributed by atoms with Gasteiger partial charge in [-0.2, -0.15) is 0 Å². The van der Waals surface area contributed by atoms with Gasteiger partial charge in [0.05, 0.1) is 5.37 Å². The van der Waals surface area contributed by atoms with Gasteiger partial charge in [-0.15, -0.1) is 11.8 Å². The van der Waals surface area contributed by atoms with E-state index in [1.807, 2.05) is 0 Å². The molecule has 1 saturated heterocycles. The van der Waals surface area contributed by atoms with Crippen LogP contribution < -0.4 is 5.32 Å². The molecular formula is C19H27ClN2O2S. The minimum absolute atomic E-state index is 0.0259. The Balaban J connectivity index is 2.22. The van der Waals surface area contributed by atoms with E-state index in [-0.39, 0.29) is 17.2 Å². The van der Waals surface area contributed by atoms with Crippen LogP contribution in [0.3, 0.4) is 0 Å².